The van der Waals surface area contributed by atoms with E-state index in [-0.39, 0.29) is 5.41 Å². The second-order valence-electron chi connectivity index (χ2n) is 4.32. The Hall–Kier alpha value is -1.89. The van der Waals surface area contributed by atoms with Gasteiger partial charge in [0.2, 0.25) is 0 Å². The molecule has 0 aromatic heterocycles. The van der Waals surface area contributed by atoms with Crippen LogP contribution in [0.15, 0.2) is 18.2 Å². The van der Waals surface area contributed by atoms with Crippen molar-refractivity contribution in [2.45, 2.75) is 12.8 Å². The monoisotopic (exact) mass is 232 g/mol. The number of hydrogen-bond acceptors (Lipinski definition) is 4. The number of rotatable bonds is 5. The van der Waals surface area contributed by atoms with Crippen LogP contribution in [0.3, 0.4) is 0 Å². The molecule has 1 aromatic rings. The van der Waals surface area contributed by atoms with E-state index in [1.165, 1.54) is 0 Å². The zero-order valence-corrected chi connectivity index (χ0v) is 10.1. The van der Waals surface area contributed by atoms with Crippen molar-refractivity contribution < 1.29 is 9.47 Å². The van der Waals surface area contributed by atoms with Crippen molar-refractivity contribution in [2.75, 3.05) is 26.1 Å². The number of nitrogens with one attached hydrogen (secondary N) is 1. The van der Waals surface area contributed by atoms with Gasteiger partial charge in [-0.3, -0.25) is 0 Å². The lowest BCUT2D eigenvalue weighted by Crippen LogP contribution is -2.13. The first kappa shape index (κ1) is 11.6. The molecule has 4 heteroatoms. The molecule has 1 N–H and O–H groups in total. The summed E-state index contributed by atoms with van der Waals surface area (Å²) in [6.07, 6.45) is 1.98. The van der Waals surface area contributed by atoms with Gasteiger partial charge in [-0.05, 0) is 25.0 Å². The summed E-state index contributed by atoms with van der Waals surface area (Å²) in [5.41, 5.74) is 0.803. The summed E-state index contributed by atoms with van der Waals surface area (Å²) < 4.78 is 10.4. The Bertz CT molecular complexity index is 447. The van der Waals surface area contributed by atoms with Gasteiger partial charge in [0, 0.05) is 18.3 Å². The molecule has 1 aromatic carbocycles. The zero-order valence-electron chi connectivity index (χ0n) is 10.1. The van der Waals surface area contributed by atoms with Crippen molar-refractivity contribution in [3.05, 3.63) is 18.2 Å². The minimum atomic E-state index is -0.146. The van der Waals surface area contributed by atoms with Crippen LogP contribution in [0.2, 0.25) is 0 Å². The van der Waals surface area contributed by atoms with E-state index >= 15 is 0 Å². The molecule has 17 heavy (non-hydrogen) atoms. The Morgan fingerprint density at radius 1 is 1.29 bits per heavy atom. The van der Waals surface area contributed by atoms with Crippen LogP contribution >= 0.6 is 0 Å². The van der Waals surface area contributed by atoms with Gasteiger partial charge in [-0.2, -0.15) is 5.26 Å². The van der Waals surface area contributed by atoms with Crippen molar-refractivity contribution in [1.82, 2.24) is 0 Å². The summed E-state index contributed by atoms with van der Waals surface area (Å²) in [6, 6.07) is 8.02. The fraction of sp³-hybridized carbons (Fsp3) is 0.462. The summed E-state index contributed by atoms with van der Waals surface area (Å²) in [5, 5.41) is 12.2. The van der Waals surface area contributed by atoms with Gasteiger partial charge in [0.1, 0.15) is 0 Å². The number of hydrogen-bond donors (Lipinski definition) is 1. The predicted octanol–water partition coefficient (Wildman–Crippen LogP) is 2.42. The summed E-state index contributed by atoms with van der Waals surface area (Å²) in [6.45, 7) is 0.693. The zero-order chi connectivity index (χ0) is 12.3. The van der Waals surface area contributed by atoms with Crippen molar-refractivity contribution in [3.63, 3.8) is 0 Å². The predicted molar refractivity (Wildman–Crippen MR) is 65.3 cm³/mol. The van der Waals surface area contributed by atoms with E-state index in [4.69, 9.17) is 14.7 Å². The van der Waals surface area contributed by atoms with Gasteiger partial charge in [0.25, 0.3) is 0 Å². The highest BCUT2D eigenvalue weighted by molar-refractivity contribution is 5.55. The first-order chi connectivity index (χ1) is 8.23. The molecule has 0 aliphatic heterocycles. The second-order valence-corrected chi connectivity index (χ2v) is 4.32. The van der Waals surface area contributed by atoms with Crippen LogP contribution in [0.1, 0.15) is 12.8 Å². The van der Waals surface area contributed by atoms with E-state index in [0.29, 0.717) is 18.0 Å². The summed E-state index contributed by atoms with van der Waals surface area (Å²) in [4.78, 5) is 0. The molecule has 0 spiro atoms. The molecule has 0 heterocycles. The lowest BCUT2D eigenvalue weighted by Gasteiger charge is -2.12. The number of ether oxygens (including phenoxy) is 2. The number of benzene rings is 1. The SMILES string of the molecule is COc1ccc(NCC2(C#N)CC2)cc1OC. The maximum absolute atomic E-state index is 8.98. The molecule has 0 bridgehead atoms. The van der Waals surface area contributed by atoms with E-state index in [1.54, 1.807) is 14.2 Å². The Labute approximate surface area is 101 Å². The van der Waals surface area contributed by atoms with Crippen LogP contribution in [-0.2, 0) is 0 Å². The lowest BCUT2D eigenvalue weighted by atomic mass is 10.1. The van der Waals surface area contributed by atoms with Gasteiger partial charge in [0.15, 0.2) is 11.5 Å². The van der Waals surface area contributed by atoms with Crippen LogP contribution in [0, 0.1) is 16.7 Å². The number of methoxy groups -OCH3 is 2. The Morgan fingerprint density at radius 3 is 2.53 bits per heavy atom. The minimum Gasteiger partial charge on any atom is -0.493 e. The molecule has 0 radical (unpaired) electrons. The smallest absolute Gasteiger partial charge is 0.162 e. The average Bonchev–Trinajstić information content (AvgIpc) is 3.16. The maximum atomic E-state index is 8.98. The van der Waals surface area contributed by atoms with Crippen molar-refractivity contribution in [1.29, 1.82) is 5.26 Å². The molecular weight excluding hydrogens is 216 g/mol. The molecule has 0 unspecified atom stereocenters. The summed E-state index contributed by atoms with van der Waals surface area (Å²) in [7, 11) is 3.22. The molecule has 90 valence electrons. The molecule has 1 aliphatic carbocycles. The van der Waals surface area contributed by atoms with E-state index in [0.717, 1.165) is 18.5 Å². The summed E-state index contributed by atoms with van der Waals surface area (Å²) >= 11 is 0. The quantitative estimate of drug-likeness (QED) is 0.847. The van der Waals surface area contributed by atoms with Crippen LogP contribution in [0.25, 0.3) is 0 Å². The molecule has 2 rings (SSSR count). The van der Waals surface area contributed by atoms with Gasteiger partial charge in [-0.1, -0.05) is 0 Å². The Kier molecular flexibility index (Phi) is 3.10. The normalized spacial score (nSPS) is 15.8. The Balaban J connectivity index is 2.04. The largest absolute Gasteiger partial charge is 0.493 e. The van der Waals surface area contributed by atoms with E-state index in [2.05, 4.69) is 11.4 Å². The first-order valence-corrected chi connectivity index (χ1v) is 5.60. The van der Waals surface area contributed by atoms with Crippen molar-refractivity contribution in [2.24, 2.45) is 5.41 Å². The topological polar surface area (TPSA) is 54.3 Å². The Morgan fingerprint density at radius 2 is 2.00 bits per heavy atom. The fourth-order valence-corrected chi connectivity index (χ4v) is 1.70. The van der Waals surface area contributed by atoms with E-state index in [1.807, 2.05) is 18.2 Å². The highest BCUT2D eigenvalue weighted by Gasteiger charge is 2.42. The molecule has 0 amide bonds. The van der Waals surface area contributed by atoms with Crippen molar-refractivity contribution in [3.8, 4) is 17.6 Å². The highest BCUT2D eigenvalue weighted by Crippen LogP contribution is 2.45. The molecule has 4 nitrogen and oxygen atoms in total. The highest BCUT2D eigenvalue weighted by atomic mass is 16.5. The third-order valence-electron chi connectivity index (χ3n) is 3.11. The molecule has 1 saturated carbocycles. The van der Waals surface area contributed by atoms with Gasteiger partial charge >= 0.3 is 0 Å². The molecule has 1 aliphatic rings. The van der Waals surface area contributed by atoms with Gasteiger partial charge < -0.3 is 14.8 Å². The summed E-state index contributed by atoms with van der Waals surface area (Å²) in [5.74, 6) is 1.40. The van der Waals surface area contributed by atoms with Crippen molar-refractivity contribution >= 4 is 5.69 Å². The van der Waals surface area contributed by atoms with Gasteiger partial charge in [-0.15, -0.1) is 0 Å². The molecule has 0 saturated heterocycles. The van der Waals surface area contributed by atoms with Crippen LogP contribution < -0.4 is 14.8 Å². The number of nitriles is 1. The molecule has 0 atom stereocenters. The molecular formula is C13H16N2O2. The van der Waals surface area contributed by atoms with E-state index < -0.39 is 0 Å². The van der Waals surface area contributed by atoms with Gasteiger partial charge in [-0.25, -0.2) is 0 Å². The number of anilines is 1. The number of nitrogens with zero attached hydrogens (tertiary/aromatic N) is 1. The average molecular weight is 232 g/mol. The molecule has 1 fully saturated rings. The minimum absolute atomic E-state index is 0.146. The third-order valence-corrected chi connectivity index (χ3v) is 3.11. The standard InChI is InChI=1S/C13H16N2O2/c1-16-11-4-3-10(7-12(11)17-2)15-9-13(8-14)5-6-13/h3-4,7,15H,5-6,9H2,1-2H3. The fourth-order valence-electron chi connectivity index (χ4n) is 1.70. The van der Waals surface area contributed by atoms with Gasteiger partial charge in [0.05, 0.1) is 25.7 Å². The maximum Gasteiger partial charge on any atom is 0.162 e. The van der Waals surface area contributed by atoms with Crippen LogP contribution in [-0.4, -0.2) is 20.8 Å². The first-order valence-electron chi connectivity index (χ1n) is 5.60. The van der Waals surface area contributed by atoms with Crippen LogP contribution in [0.5, 0.6) is 11.5 Å². The second kappa shape index (κ2) is 4.54. The van der Waals surface area contributed by atoms with Crippen LogP contribution in [0.4, 0.5) is 5.69 Å². The lowest BCUT2D eigenvalue weighted by molar-refractivity contribution is 0.355. The van der Waals surface area contributed by atoms with E-state index in [9.17, 15) is 0 Å². The third kappa shape index (κ3) is 2.44.